The summed E-state index contributed by atoms with van der Waals surface area (Å²) in [5.74, 6) is 0.982. The van der Waals surface area contributed by atoms with E-state index in [1.807, 2.05) is 7.05 Å². The van der Waals surface area contributed by atoms with Crippen LogP contribution in [0.15, 0.2) is 21.9 Å². The molecule has 74 valence electrons. The van der Waals surface area contributed by atoms with Gasteiger partial charge in [-0.2, -0.15) is 0 Å². The molecule has 0 unspecified atom stereocenters. The van der Waals surface area contributed by atoms with Crippen LogP contribution in [-0.4, -0.2) is 17.2 Å². The third kappa shape index (κ3) is 2.46. The molecule has 0 saturated carbocycles. The van der Waals surface area contributed by atoms with Crippen molar-refractivity contribution in [3.63, 3.8) is 0 Å². The minimum Gasteiger partial charge on any atom is -0.363 e. The van der Waals surface area contributed by atoms with Gasteiger partial charge < -0.3 is 5.32 Å². The molecule has 0 aliphatic carbocycles. The summed E-state index contributed by atoms with van der Waals surface area (Å²) in [4.78, 5) is 1.37. The van der Waals surface area contributed by atoms with Crippen molar-refractivity contribution < 1.29 is 0 Å². The molecule has 0 spiro atoms. The summed E-state index contributed by atoms with van der Waals surface area (Å²) in [5.41, 5.74) is 0. The first-order chi connectivity index (χ1) is 6.88. The number of thioether (sulfide) groups is 1. The van der Waals surface area contributed by atoms with Gasteiger partial charge in [0.05, 0.1) is 0 Å². The summed E-state index contributed by atoms with van der Waals surface area (Å²) >= 11 is 5.09. The standard InChI is InChI=1S/C8H9N3S3/c1-9-7-10-11-8(14-7)13-5-6-3-2-4-12-6/h2-4H,5H2,1H3,(H,9,10). The van der Waals surface area contributed by atoms with Gasteiger partial charge in [0.25, 0.3) is 0 Å². The zero-order valence-corrected chi connectivity index (χ0v) is 10.0. The van der Waals surface area contributed by atoms with Gasteiger partial charge >= 0.3 is 0 Å². The molecule has 0 aromatic carbocycles. The van der Waals surface area contributed by atoms with Gasteiger partial charge in [-0.1, -0.05) is 29.2 Å². The van der Waals surface area contributed by atoms with Gasteiger partial charge in [-0.05, 0) is 11.4 Å². The van der Waals surface area contributed by atoms with Gasteiger partial charge in [0.1, 0.15) is 0 Å². The van der Waals surface area contributed by atoms with Gasteiger partial charge in [-0.15, -0.1) is 21.5 Å². The number of hydrogen-bond donors (Lipinski definition) is 1. The van der Waals surface area contributed by atoms with E-state index in [0.717, 1.165) is 15.2 Å². The molecule has 3 nitrogen and oxygen atoms in total. The van der Waals surface area contributed by atoms with Crippen LogP contribution >= 0.6 is 34.4 Å². The molecule has 1 N–H and O–H groups in total. The van der Waals surface area contributed by atoms with Crippen LogP contribution in [0.2, 0.25) is 0 Å². The van der Waals surface area contributed by atoms with Crippen LogP contribution in [0.4, 0.5) is 5.13 Å². The van der Waals surface area contributed by atoms with Crippen molar-refractivity contribution in [3.8, 4) is 0 Å². The molecule has 2 rings (SSSR count). The van der Waals surface area contributed by atoms with E-state index in [1.54, 1.807) is 34.4 Å². The molecule has 2 aromatic rings. The largest absolute Gasteiger partial charge is 0.363 e. The smallest absolute Gasteiger partial charge is 0.206 e. The Hall–Kier alpha value is -0.590. The number of hydrogen-bond acceptors (Lipinski definition) is 6. The lowest BCUT2D eigenvalue weighted by Gasteiger charge is -1.91. The molecule has 0 bridgehead atoms. The Kier molecular flexibility index (Phi) is 3.39. The van der Waals surface area contributed by atoms with E-state index < -0.39 is 0 Å². The predicted octanol–water partition coefficient (Wildman–Crippen LogP) is 2.93. The predicted molar refractivity (Wildman–Crippen MR) is 63.3 cm³/mol. The van der Waals surface area contributed by atoms with Crippen LogP contribution in [-0.2, 0) is 5.75 Å². The lowest BCUT2D eigenvalue weighted by molar-refractivity contribution is 1.01. The minimum atomic E-state index is 0.874. The average Bonchev–Trinajstić information content (AvgIpc) is 2.86. The van der Waals surface area contributed by atoms with Crippen molar-refractivity contribution in [1.29, 1.82) is 0 Å². The van der Waals surface area contributed by atoms with Gasteiger partial charge in [0.2, 0.25) is 5.13 Å². The van der Waals surface area contributed by atoms with E-state index in [1.165, 1.54) is 4.88 Å². The fourth-order valence-electron chi connectivity index (χ4n) is 0.897. The van der Waals surface area contributed by atoms with E-state index in [9.17, 15) is 0 Å². The van der Waals surface area contributed by atoms with Gasteiger partial charge in [-0.3, -0.25) is 0 Å². The Morgan fingerprint density at radius 1 is 1.50 bits per heavy atom. The van der Waals surface area contributed by atoms with Crippen LogP contribution in [0.25, 0.3) is 0 Å². The monoisotopic (exact) mass is 243 g/mol. The Morgan fingerprint density at radius 2 is 2.43 bits per heavy atom. The quantitative estimate of drug-likeness (QED) is 0.838. The lowest BCUT2D eigenvalue weighted by Crippen LogP contribution is -1.84. The fourth-order valence-corrected chi connectivity index (χ4v) is 3.38. The number of aromatic nitrogens is 2. The highest BCUT2D eigenvalue weighted by molar-refractivity contribution is 8.00. The summed E-state index contributed by atoms with van der Waals surface area (Å²) in [6.07, 6.45) is 0. The summed E-state index contributed by atoms with van der Waals surface area (Å²) in [5, 5.41) is 14.0. The van der Waals surface area contributed by atoms with Crippen molar-refractivity contribution in [1.82, 2.24) is 10.2 Å². The summed E-state index contributed by atoms with van der Waals surface area (Å²) in [7, 11) is 1.86. The van der Waals surface area contributed by atoms with E-state index >= 15 is 0 Å². The third-order valence-corrected chi connectivity index (χ3v) is 4.72. The number of nitrogens with zero attached hydrogens (tertiary/aromatic N) is 2. The van der Waals surface area contributed by atoms with E-state index in [0.29, 0.717) is 0 Å². The molecule has 0 fully saturated rings. The maximum Gasteiger partial charge on any atom is 0.206 e. The molecular formula is C8H9N3S3. The zero-order chi connectivity index (χ0) is 9.80. The van der Waals surface area contributed by atoms with Crippen LogP contribution in [0.1, 0.15) is 4.88 Å². The SMILES string of the molecule is CNc1nnc(SCc2cccs2)s1. The first-order valence-electron chi connectivity index (χ1n) is 4.05. The first-order valence-corrected chi connectivity index (χ1v) is 6.73. The highest BCUT2D eigenvalue weighted by atomic mass is 32.2. The molecule has 0 aliphatic heterocycles. The highest BCUT2D eigenvalue weighted by Crippen LogP contribution is 2.29. The van der Waals surface area contributed by atoms with Gasteiger partial charge in [0.15, 0.2) is 4.34 Å². The first kappa shape index (κ1) is 9.95. The molecule has 2 aromatic heterocycles. The maximum atomic E-state index is 4.06. The molecule has 0 amide bonds. The normalized spacial score (nSPS) is 10.4. The van der Waals surface area contributed by atoms with Crippen molar-refractivity contribution in [2.45, 2.75) is 10.1 Å². The number of anilines is 1. The van der Waals surface area contributed by atoms with Crippen molar-refractivity contribution in [2.24, 2.45) is 0 Å². The minimum absolute atomic E-state index is 0.874. The summed E-state index contributed by atoms with van der Waals surface area (Å²) < 4.78 is 1.02. The molecule has 2 heterocycles. The second-order valence-corrected chi connectivity index (χ2v) is 5.72. The van der Waals surface area contributed by atoms with E-state index in [4.69, 9.17) is 0 Å². The number of rotatable bonds is 4. The summed E-state index contributed by atoms with van der Waals surface area (Å²) in [6.45, 7) is 0. The van der Waals surface area contributed by atoms with Crippen LogP contribution in [0.3, 0.4) is 0 Å². The second-order valence-electron chi connectivity index (χ2n) is 2.49. The zero-order valence-electron chi connectivity index (χ0n) is 7.56. The molecule has 14 heavy (non-hydrogen) atoms. The van der Waals surface area contributed by atoms with Crippen LogP contribution in [0.5, 0.6) is 0 Å². The molecule has 6 heteroatoms. The molecule has 0 aliphatic rings. The molecule has 0 radical (unpaired) electrons. The summed E-state index contributed by atoms with van der Waals surface area (Å²) in [6, 6.07) is 4.21. The topological polar surface area (TPSA) is 37.8 Å². The van der Waals surface area contributed by atoms with Crippen molar-refractivity contribution >= 4 is 39.6 Å². The molecular weight excluding hydrogens is 234 g/mol. The van der Waals surface area contributed by atoms with E-state index in [2.05, 4.69) is 33.0 Å². The Morgan fingerprint density at radius 3 is 3.07 bits per heavy atom. The van der Waals surface area contributed by atoms with Gasteiger partial charge in [-0.25, -0.2) is 0 Å². The Balaban J connectivity index is 1.92. The maximum absolute atomic E-state index is 4.06. The fraction of sp³-hybridized carbons (Fsp3) is 0.250. The number of nitrogens with one attached hydrogen (secondary N) is 1. The highest BCUT2D eigenvalue weighted by Gasteiger charge is 2.03. The Bertz CT molecular complexity index is 382. The lowest BCUT2D eigenvalue weighted by atomic mass is 10.5. The van der Waals surface area contributed by atoms with Crippen molar-refractivity contribution in [2.75, 3.05) is 12.4 Å². The van der Waals surface area contributed by atoms with E-state index in [-0.39, 0.29) is 0 Å². The Labute approximate surface area is 94.6 Å². The van der Waals surface area contributed by atoms with Crippen molar-refractivity contribution in [3.05, 3.63) is 22.4 Å². The van der Waals surface area contributed by atoms with Crippen LogP contribution < -0.4 is 5.32 Å². The third-order valence-electron chi connectivity index (χ3n) is 1.54. The van der Waals surface area contributed by atoms with Crippen LogP contribution in [0, 0.1) is 0 Å². The number of thiophene rings is 1. The van der Waals surface area contributed by atoms with Gasteiger partial charge in [0, 0.05) is 17.7 Å². The molecule has 0 saturated heterocycles. The average molecular weight is 243 g/mol. The second kappa shape index (κ2) is 4.77. The molecule has 0 atom stereocenters.